The number of nitrogens with zero attached hydrogens (tertiary/aromatic N) is 2. The second kappa shape index (κ2) is 10.4. The molecule has 3 aromatic carbocycles. The quantitative estimate of drug-likeness (QED) is 0.372. The first-order chi connectivity index (χ1) is 16.3. The van der Waals surface area contributed by atoms with Crippen molar-refractivity contribution in [3.05, 3.63) is 106 Å². The molecule has 0 unspecified atom stereocenters. The number of rotatable bonds is 6. The summed E-state index contributed by atoms with van der Waals surface area (Å²) in [6.45, 7) is 7.67. The van der Waals surface area contributed by atoms with E-state index in [2.05, 4.69) is 45.0 Å². The molecule has 1 aliphatic heterocycles. The van der Waals surface area contributed by atoms with Gasteiger partial charge in [0.2, 0.25) is 0 Å². The summed E-state index contributed by atoms with van der Waals surface area (Å²) in [5, 5.41) is 0.690. The molecule has 1 aliphatic rings. The predicted molar refractivity (Wildman–Crippen MR) is 143 cm³/mol. The van der Waals surface area contributed by atoms with Crippen molar-refractivity contribution in [2.24, 2.45) is 4.99 Å². The standard InChI is InChI=1S/C29H30N2O2S/c1-29(2,3)24-15-13-21(14-16-24)19-30-28-31(25-11-6-5-7-12-25)27(32)26(34-28)18-22-9-8-10-23(17-22)20-33-4/h5-18H,19-20H2,1-4H3/b26-18-,30-28?. The molecule has 0 N–H and O–H groups in total. The molecule has 4 nitrogen and oxygen atoms in total. The van der Waals surface area contributed by atoms with E-state index in [4.69, 9.17) is 9.73 Å². The van der Waals surface area contributed by atoms with E-state index in [1.54, 1.807) is 12.0 Å². The van der Waals surface area contributed by atoms with Crippen LogP contribution in [0.4, 0.5) is 5.69 Å². The molecule has 1 heterocycles. The molecular weight excluding hydrogens is 440 g/mol. The Morgan fingerprint density at radius 1 is 0.941 bits per heavy atom. The number of amides is 1. The van der Waals surface area contributed by atoms with Crippen LogP contribution in [0.5, 0.6) is 0 Å². The zero-order chi connectivity index (χ0) is 24.1. The molecular formula is C29H30N2O2S. The molecule has 3 aromatic rings. The van der Waals surface area contributed by atoms with Crippen molar-refractivity contribution in [2.45, 2.75) is 39.3 Å². The zero-order valence-corrected chi connectivity index (χ0v) is 20.9. The summed E-state index contributed by atoms with van der Waals surface area (Å²) in [7, 11) is 1.68. The van der Waals surface area contributed by atoms with Gasteiger partial charge in [-0.2, -0.15) is 0 Å². The molecule has 0 aromatic heterocycles. The number of hydrogen-bond donors (Lipinski definition) is 0. The smallest absolute Gasteiger partial charge is 0.271 e. The lowest BCUT2D eigenvalue weighted by molar-refractivity contribution is -0.113. The Bertz CT molecular complexity index is 1210. The van der Waals surface area contributed by atoms with E-state index in [0.29, 0.717) is 23.2 Å². The van der Waals surface area contributed by atoms with Crippen molar-refractivity contribution in [2.75, 3.05) is 12.0 Å². The van der Waals surface area contributed by atoms with E-state index < -0.39 is 0 Å². The minimum Gasteiger partial charge on any atom is -0.380 e. The molecule has 0 bridgehead atoms. The Morgan fingerprint density at radius 3 is 2.35 bits per heavy atom. The number of amidine groups is 1. The van der Waals surface area contributed by atoms with Crippen LogP contribution < -0.4 is 4.90 Å². The van der Waals surface area contributed by atoms with Gasteiger partial charge in [-0.1, -0.05) is 81.4 Å². The maximum atomic E-state index is 13.4. The maximum Gasteiger partial charge on any atom is 0.271 e. The highest BCUT2D eigenvalue weighted by atomic mass is 32.2. The number of carbonyl (C=O) groups is 1. The first-order valence-electron chi connectivity index (χ1n) is 11.4. The van der Waals surface area contributed by atoms with Crippen LogP contribution in [0.15, 0.2) is 88.8 Å². The second-order valence-electron chi connectivity index (χ2n) is 9.31. The van der Waals surface area contributed by atoms with Gasteiger partial charge in [0, 0.05) is 7.11 Å². The summed E-state index contributed by atoms with van der Waals surface area (Å²) >= 11 is 1.42. The predicted octanol–water partition coefficient (Wildman–Crippen LogP) is 6.81. The van der Waals surface area contributed by atoms with Gasteiger partial charge in [0.1, 0.15) is 0 Å². The second-order valence-corrected chi connectivity index (χ2v) is 10.3. The van der Waals surface area contributed by atoms with Crippen molar-refractivity contribution in [3.8, 4) is 0 Å². The van der Waals surface area contributed by atoms with Gasteiger partial charge in [-0.25, -0.2) is 0 Å². The monoisotopic (exact) mass is 470 g/mol. The van der Waals surface area contributed by atoms with E-state index in [-0.39, 0.29) is 11.3 Å². The summed E-state index contributed by atoms with van der Waals surface area (Å²) in [6, 6.07) is 26.3. The Kier molecular flexibility index (Phi) is 7.35. The molecule has 1 fully saturated rings. The van der Waals surface area contributed by atoms with Gasteiger partial charge >= 0.3 is 0 Å². The number of aliphatic imine (C=N–C) groups is 1. The fourth-order valence-electron chi connectivity index (χ4n) is 3.74. The molecule has 174 valence electrons. The van der Waals surface area contributed by atoms with E-state index in [9.17, 15) is 4.79 Å². The first-order valence-corrected chi connectivity index (χ1v) is 12.2. The molecule has 0 aliphatic carbocycles. The number of anilines is 1. The SMILES string of the molecule is COCc1cccc(/C=C2\SC(=NCc3ccc(C(C)(C)C)cc3)N(c3ccccc3)C2=O)c1. The third-order valence-corrected chi connectivity index (χ3v) is 6.60. The van der Waals surface area contributed by atoms with Crippen molar-refractivity contribution >= 4 is 34.6 Å². The van der Waals surface area contributed by atoms with Gasteiger partial charge in [-0.05, 0) is 63.7 Å². The molecule has 0 spiro atoms. The van der Waals surface area contributed by atoms with Gasteiger partial charge in [0.15, 0.2) is 5.17 Å². The maximum absolute atomic E-state index is 13.4. The van der Waals surface area contributed by atoms with Crippen LogP contribution in [0.2, 0.25) is 0 Å². The van der Waals surface area contributed by atoms with Gasteiger partial charge in [-0.3, -0.25) is 14.7 Å². The highest BCUT2D eigenvalue weighted by molar-refractivity contribution is 8.19. The number of ether oxygens (including phenoxy) is 1. The van der Waals surface area contributed by atoms with Crippen molar-refractivity contribution in [1.82, 2.24) is 0 Å². The lowest BCUT2D eigenvalue weighted by Crippen LogP contribution is -2.28. The molecule has 0 atom stereocenters. The molecule has 0 radical (unpaired) electrons. The molecule has 1 saturated heterocycles. The van der Waals surface area contributed by atoms with E-state index in [1.807, 2.05) is 60.7 Å². The van der Waals surface area contributed by atoms with Gasteiger partial charge in [0.05, 0.1) is 23.7 Å². The van der Waals surface area contributed by atoms with Crippen LogP contribution in [0.1, 0.15) is 43.0 Å². The number of hydrogen-bond acceptors (Lipinski definition) is 4. The third-order valence-electron chi connectivity index (χ3n) is 5.60. The highest BCUT2D eigenvalue weighted by Gasteiger charge is 2.34. The fourth-order valence-corrected chi connectivity index (χ4v) is 4.72. The number of para-hydroxylation sites is 1. The van der Waals surface area contributed by atoms with Gasteiger partial charge in [0.25, 0.3) is 5.91 Å². The van der Waals surface area contributed by atoms with E-state index in [0.717, 1.165) is 22.4 Å². The average molecular weight is 471 g/mol. The summed E-state index contributed by atoms with van der Waals surface area (Å²) in [6.07, 6.45) is 1.93. The van der Waals surface area contributed by atoms with Crippen LogP contribution in [-0.2, 0) is 28.1 Å². The fraction of sp³-hybridized carbons (Fsp3) is 0.241. The number of methoxy groups -OCH3 is 1. The topological polar surface area (TPSA) is 41.9 Å². The van der Waals surface area contributed by atoms with Crippen molar-refractivity contribution in [1.29, 1.82) is 0 Å². The summed E-state index contributed by atoms with van der Waals surface area (Å²) < 4.78 is 5.25. The molecule has 1 amide bonds. The Hall–Kier alpha value is -3.15. The molecule has 34 heavy (non-hydrogen) atoms. The van der Waals surface area contributed by atoms with Crippen LogP contribution in [0.3, 0.4) is 0 Å². The minimum atomic E-state index is -0.0600. The number of carbonyl (C=O) groups excluding carboxylic acids is 1. The average Bonchev–Trinajstić information content (AvgIpc) is 3.13. The van der Waals surface area contributed by atoms with E-state index >= 15 is 0 Å². The molecule has 5 heteroatoms. The van der Waals surface area contributed by atoms with Crippen molar-refractivity contribution < 1.29 is 9.53 Å². The number of thioether (sulfide) groups is 1. The lowest BCUT2D eigenvalue weighted by atomic mass is 9.87. The van der Waals surface area contributed by atoms with Gasteiger partial charge < -0.3 is 4.74 Å². The first kappa shape index (κ1) is 24.0. The summed E-state index contributed by atoms with van der Waals surface area (Å²) in [5.74, 6) is -0.0600. The number of benzene rings is 3. The minimum absolute atomic E-state index is 0.0600. The van der Waals surface area contributed by atoms with Crippen LogP contribution in [0.25, 0.3) is 6.08 Å². The highest BCUT2D eigenvalue weighted by Crippen LogP contribution is 2.36. The van der Waals surface area contributed by atoms with Crippen LogP contribution in [0, 0.1) is 0 Å². The third kappa shape index (κ3) is 5.66. The van der Waals surface area contributed by atoms with Gasteiger partial charge in [-0.15, -0.1) is 0 Å². The normalized spacial score (nSPS) is 16.6. The van der Waals surface area contributed by atoms with E-state index in [1.165, 1.54) is 17.3 Å². The molecule has 4 rings (SSSR count). The summed E-state index contributed by atoms with van der Waals surface area (Å²) in [4.78, 5) is 20.6. The Labute approximate surface area is 206 Å². The lowest BCUT2D eigenvalue weighted by Gasteiger charge is -2.19. The van der Waals surface area contributed by atoms with Crippen molar-refractivity contribution in [3.63, 3.8) is 0 Å². The Balaban J connectivity index is 1.63. The Morgan fingerprint density at radius 2 is 1.68 bits per heavy atom. The largest absolute Gasteiger partial charge is 0.380 e. The van der Waals surface area contributed by atoms with Crippen LogP contribution in [-0.4, -0.2) is 18.2 Å². The summed E-state index contributed by atoms with van der Waals surface area (Å²) in [5.41, 5.74) is 5.38. The molecule has 0 saturated carbocycles. The van der Waals surface area contributed by atoms with Crippen LogP contribution >= 0.6 is 11.8 Å². The zero-order valence-electron chi connectivity index (χ0n) is 20.1.